The van der Waals surface area contributed by atoms with E-state index in [9.17, 15) is 18.0 Å². The molecule has 8 heteroatoms. The van der Waals surface area contributed by atoms with Gasteiger partial charge in [0.25, 0.3) is 5.91 Å². The molecular weight excluding hydrogens is 405 g/mol. The van der Waals surface area contributed by atoms with Crippen molar-refractivity contribution in [3.8, 4) is 11.3 Å². The summed E-state index contributed by atoms with van der Waals surface area (Å²) in [5.74, 6) is -0.261. The highest BCUT2D eigenvalue weighted by Crippen LogP contribution is 2.32. The summed E-state index contributed by atoms with van der Waals surface area (Å²) < 4.78 is 40.3. The Morgan fingerprint density at radius 1 is 1.00 bits per heavy atom. The normalized spacial score (nSPS) is 11.7. The Morgan fingerprint density at radius 2 is 1.77 bits per heavy atom. The smallest absolute Gasteiger partial charge is 0.320 e. The maximum Gasteiger partial charge on any atom is 0.416 e. The molecule has 0 radical (unpaired) electrons. The number of fused-ring (bicyclic) bond motifs is 1. The van der Waals surface area contributed by atoms with Crippen molar-refractivity contribution in [3.63, 3.8) is 0 Å². The number of hydrogen-bond donors (Lipinski definition) is 1. The second-order valence-corrected chi connectivity index (χ2v) is 7.38. The number of aryl methyl sites for hydroxylation is 3. The maximum atomic E-state index is 12.9. The number of halogens is 3. The number of nitrogens with zero attached hydrogens (tertiary/aromatic N) is 3. The minimum Gasteiger partial charge on any atom is -0.320 e. The number of benzene rings is 2. The summed E-state index contributed by atoms with van der Waals surface area (Å²) in [6.07, 6.45) is -4.39. The average molecular weight is 424 g/mol. The van der Waals surface area contributed by atoms with Gasteiger partial charge in [-0.3, -0.25) is 9.48 Å². The van der Waals surface area contributed by atoms with E-state index in [-0.39, 0.29) is 5.91 Å². The maximum absolute atomic E-state index is 12.9. The van der Waals surface area contributed by atoms with Gasteiger partial charge < -0.3 is 5.32 Å². The summed E-state index contributed by atoms with van der Waals surface area (Å²) in [4.78, 5) is 17.0. The van der Waals surface area contributed by atoms with E-state index in [1.165, 1.54) is 10.7 Å². The Bertz CT molecular complexity index is 1310. The average Bonchev–Trinajstić information content (AvgIpc) is 3.06. The van der Waals surface area contributed by atoms with Crippen LogP contribution in [0.1, 0.15) is 27.3 Å². The third kappa shape index (κ3) is 4.14. The Balaban J connectivity index is 1.60. The number of carbonyl (C=O) groups excluding carboxylic acids is 1. The van der Waals surface area contributed by atoms with Crippen LogP contribution in [-0.4, -0.2) is 20.7 Å². The van der Waals surface area contributed by atoms with Gasteiger partial charge in [0.1, 0.15) is 5.69 Å². The summed E-state index contributed by atoms with van der Waals surface area (Å²) in [7, 11) is 1.71. The first-order valence-corrected chi connectivity index (χ1v) is 9.53. The van der Waals surface area contributed by atoms with Gasteiger partial charge in [-0.05, 0) is 61.9 Å². The van der Waals surface area contributed by atoms with Gasteiger partial charge in [-0.15, -0.1) is 0 Å². The molecule has 0 unspecified atom stereocenters. The fourth-order valence-electron chi connectivity index (χ4n) is 3.44. The predicted octanol–water partition coefficient (Wildman–Crippen LogP) is 5.52. The lowest BCUT2D eigenvalue weighted by Gasteiger charge is -2.11. The van der Waals surface area contributed by atoms with Gasteiger partial charge in [0.15, 0.2) is 0 Å². The summed E-state index contributed by atoms with van der Waals surface area (Å²) in [6.45, 7) is 3.68. The summed E-state index contributed by atoms with van der Waals surface area (Å²) in [6, 6.07) is 14.0. The van der Waals surface area contributed by atoms with Crippen LogP contribution in [0.25, 0.3) is 22.2 Å². The lowest BCUT2D eigenvalue weighted by atomic mass is 10.0. The molecule has 2 aromatic heterocycles. The highest BCUT2D eigenvalue weighted by molar-refractivity contribution is 6.03. The van der Waals surface area contributed by atoms with Crippen molar-refractivity contribution < 1.29 is 18.0 Å². The molecule has 31 heavy (non-hydrogen) atoms. The molecule has 0 bridgehead atoms. The van der Waals surface area contributed by atoms with Crippen molar-refractivity contribution in [3.05, 3.63) is 77.1 Å². The van der Waals surface area contributed by atoms with Crippen LogP contribution in [0, 0.1) is 13.8 Å². The summed E-state index contributed by atoms with van der Waals surface area (Å²) >= 11 is 0. The molecule has 0 spiro atoms. The Kier molecular flexibility index (Phi) is 5.00. The molecule has 2 heterocycles. The molecular formula is C23H19F3N4O. The van der Waals surface area contributed by atoms with Crippen molar-refractivity contribution >= 4 is 22.5 Å². The molecule has 2 aromatic carbocycles. The van der Waals surface area contributed by atoms with Crippen molar-refractivity contribution in [1.29, 1.82) is 0 Å². The lowest BCUT2D eigenvalue weighted by molar-refractivity contribution is -0.137. The third-order valence-corrected chi connectivity index (χ3v) is 5.02. The zero-order valence-corrected chi connectivity index (χ0v) is 17.1. The van der Waals surface area contributed by atoms with E-state index in [1.54, 1.807) is 31.3 Å². The van der Waals surface area contributed by atoms with Gasteiger partial charge in [-0.2, -0.15) is 18.3 Å². The van der Waals surface area contributed by atoms with Gasteiger partial charge in [0, 0.05) is 23.7 Å². The molecule has 1 amide bonds. The van der Waals surface area contributed by atoms with E-state index < -0.39 is 11.7 Å². The zero-order valence-electron chi connectivity index (χ0n) is 17.1. The second kappa shape index (κ2) is 7.54. The van der Waals surface area contributed by atoms with Crippen LogP contribution in [0.4, 0.5) is 18.9 Å². The van der Waals surface area contributed by atoms with Gasteiger partial charge in [-0.1, -0.05) is 12.1 Å². The largest absolute Gasteiger partial charge is 0.416 e. The molecule has 4 rings (SSSR count). The van der Waals surface area contributed by atoms with Crippen LogP contribution in [0.2, 0.25) is 0 Å². The van der Waals surface area contributed by atoms with E-state index in [1.807, 2.05) is 26.0 Å². The van der Waals surface area contributed by atoms with Crippen molar-refractivity contribution in [1.82, 2.24) is 14.8 Å². The number of amides is 1. The minimum absolute atomic E-state index is 0.261. The summed E-state index contributed by atoms with van der Waals surface area (Å²) in [5, 5.41) is 7.48. The van der Waals surface area contributed by atoms with Gasteiger partial charge in [0.2, 0.25) is 0 Å². The van der Waals surface area contributed by atoms with Crippen molar-refractivity contribution in [2.24, 2.45) is 7.05 Å². The number of anilines is 1. The zero-order chi connectivity index (χ0) is 22.3. The second-order valence-electron chi connectivity index (χ2n) is 7.38. The quantitative estimate of drug-likeness (QED) is 0.471. The SMILES string of the molecule is Cc1cc(C(=O)Nc2ccc(-c3ccc4cc(C(F)(F)F)ccc4n3)cc2C)n(C)n1. The Labute approximate surface area is 176 Å². The predicted molar refractivity (Wildman–Crippen MR) is 113 cm³/mol. The number of aromatic nitrogens is 3. The van der Waals surface area contributed by atoms with Crippen LogP contribution in [0.15, 0.2) is 54.6 Å². The minimum atomic E-state index is -4.39. The highest BCUT2D eigenvalue weighted by atomic mass is 19.4. The first-order chi connectivity index (χ1) is 14.6. The van der Waals surface area contributed by atoms with E-state index in [4.69, 9.17) is 0 Å². The monoisotopic (exact) mass is 424 g/mol. The molecule has 0 aliphatic heterocycles. The topological polar surface area (TPSA) is 59.8 Å². The Hall–Kier alpha value is -3.68. The molecule has 0 atom stereocenters. The van der Waals surface area contributed by atoms with E-state index >= 15 is 0 Å². The van der Waals surface area contributed by atoms with Crippen molar-refractivity contribution in [2.75, 3.05) is 5.32 Å². The Morgan fingerprint density at radius 3 is 2.42 bits per heavy atom. The molecule has 4 aromatic rings. The van der Waals surface area contributed by atoms with Gasteiger partial charge in [0.05, 0.1) is 22.5 Å². The molecule has 0 aliphatic rings. The molecule has 0 saturated heterocycles. The van der Waals surface area contributed by atoms with Gasteiger partial charge in [-0.25, -0.2) is 4.98 Å². The molecule has 0 aliphatic carbocycles. The van der Waals surface area contributed by atoms with Crippen LogP contribution in [0.5, 0.6) is 0 Å². The first kappa shape index (κ1) is 20.6. The number of alkyl halides is 3. The fraction of sp³-hybridized carbons (Fsp3) is 0.174. The number of rotatable bonds is 3. The van der Waals surface area contributed by atoms with Gasteiger partial charge >= 0.3 is 6.18 Å². The van der Waals surface area contributed by atoms with Crippen LogP contribution < -0.4 is 5.32 Å². The van der Waals surface area contributed by atoms with E-state index in [0.717, 1.165) is 29.0 Å². The number of hydrogen-bond acceptors (Lipinski definition) is 3. The molecule has 0 fully saturated rings. The van der Waals surface area contributed by atoms with Crippen LogP contribution >= 0.6 is 0 Å². The number of nitrogens with one attached hydrogen (secondary N) is 1. The van der Waals surface area contributed by atoms with Crippen molar-refractivity contribution in [2.45, 2.75) is 20.0 Å². The lowest BCUT2D eigenvalue weighted by Crippen LogP contribution is -2.16. The molecule has 0 saturated carbocycles. The third-order valence-electron chi connectivity index (χ3n) is 5.02. The fourth-order valence-corrected chi connectivity index (χ4v) is 3.44. The van der Waals surface area contributed by atoms with Crippen LogP contribution in [-0.2, 0) is 13.2 Å². The number of carbonyl (C=O) groups is 1. The molecule has 158 valence electrons. The number of pyridine rings is 1. The van der Waals surface area contributed by atoms with E-state index in [0.29, 0.717) is 28.0 Å². The standard InChI is InChI=1S/C23H19F3N4O/c1-13-10-15(4-7-18(13)28-22(31)21-11-14(2)29-30(21)3)19-8-5-16-12-17(23(24,25)26)6-9-20(16)27-19/h4-12H,1-3H3,(H,28,31). The molecule has 1 N–H and O–H groups in total. The highest BCUT2D eigenvalue weighted by Gasteiger charge is 2.30. The summed E-state index contributed by atoms with van der Waals surface area (Å²) in [5.41, 5.74) is 3.91. The van der Waals surface area contributed by atoms with E-state index in [2.05, 4.69) is 15.4 Å². The molecule has 5 nitrogen and oxygen atoms in total. The van der Waals surface area contributed by atoms with Crippen LogP contribution in [0.3, 0.4) is 0 Å². The first-order valence-electron chi connectivity index (χ1n) is 9.53.